The Hall–Kier alpha value is -1.47. The van der Waals surface area contributed by atoms with Gasteiger partial charge in [0.2, 0.25) is 11.8 Å². The smallest absolute Gasteiger partial charge is 0.224 e. The Morgan fingerprint density at radius 2 is 2.11 bits per heavy atom. The highest BCUT2D eigenvalue weighted by molar-refractivity contribution is 5.76. The molecule has 106 valence electrons. The molecular weight excluding hydrogens is 246 g/mol. The second-order valence-corrected chi connectivity index (χ2v) is 5.07. The number of nitrogens with zero attached hydrogens (tertiary/aromatic N) is 4. The molecule has 1 fully saturated rings. The number of hydrogen-bond donors (Lipinski definition) is 1. The van der Waals surface area contributed by atoms with E-state index in [0.29, 0.717) is 24.7 Å². The van der Waals surface area contributed by atoms with Crippen LogP contribution in [-0.4, -0.2) is 58.1 Å². The van der Waals surface area contributed by atoms with Crippen molar-refractivity contribution in [2.75, 3.05) is 26.2 Å². The molecule has 1 amide bonds. The maximum Gasteiger partial charge on any atom is 0.224 e. The first-order chi connectivity index (χ1) is 9.04. The van der Waals surface area contributed by atoms with E-state index in [0.717, 1.165) is 26.2 Å². The molecule has 2 heterocycles. The van der Waals surface area contributed by atoms with Crippen molar-refractivity contribution in [1.29, 1.82) is 0 Å². The van der Waals surface area contributed by atoms with E-state index >= 15 is 0 Å². The van der Waals surface area contributed by atoms with E-state index in [-0.39, 0.29) is 11.9 Å². The maximum absolute atomic E-state index is 11.9. The van der Waals surface area contributed by atoms with Crippen molar-refractivity contribution in [1.82, 2.24) is 19.9 Å². The molecule has 1 saturated heterocycles. The van der Waals surface area contributed by atoms with Crippen molar-refractivity contribution in [2.45, 2.75) is 32.9 Å². The number of amides is 1. The second-order valence-electron chi connectivity index (χ2n) is 5.07. The Bertz CT molecular complexity index is 424. The van der Waals surface area contributed by atoms with Gasteiger partial charge in [-0.05, 0) is 6.92 Å². The predicted octanol–water partition coefficient (Wildman–Crippen LogP) is -0.240. The van der Waals surface area contributed by atoms with Gasteiger partial charge in [0.15, 0.2) is 5.82 Å². The topological polar surface area (TPSA) is 88.5 Å². The number of aromatic nitrogens is 2. The molecule has 0 radical (unpaired) electrons. The van der Waals surface area contributed by atoms with Crippen LogP contribution in [0, 0.1) is 6.92 Å². The fourth-order valence-electron chi connectivity index (χ4n) is 2.17. The average molecular weight is 267 g/mol. The van der Waals surface area contributed by atoms with Crippen LogP contribution in [-0.2, 0) is 11.3 Å². The molecule has 0 aliphatic carbocycles. The summed E-state index contributed by atoms with van der Waals surface area (Å²) in [6, 6.07) is -0.0761. The zero-order valence-corrected chi connectivity index (χ0v) is 11.5. The standard InChI is InChI=1S/C12H21N5O2/c1-9(13)7-12(18)17-5-3-16(4-6-17)8-11-14-10(2)19-15-11/h9H,3-8,13H2,1-2H3/t9-/m1/s1. The van der Waals surface area contributed by atoms with Crippen molar-refractivity contribution in [3.63, 3.8) is 0 Å². The highest BCUT2D eigenvalue weighted by Crippen LogP contribution is 2.08. The summed E-state index contributed by atoms with van der Waals surface area (Å²) in [4.78, 5) is 20.1. The van der Waals surface area contributed by atoms with Gasteiger partial charge in [-0.2, -0.15) is 4.98 Å². The minimum Gasteiger partial charge on any atom is -0.340 e. The number of piperazine rings is 1. The zero-order valence-electron chi connectivity index (χ0n) is 11.5. The van der Waals surface area contributed by atoms with Crippen LogP contribution < -0.4 is 5.73 Å². The van der Waals surface area contributed by atoms with Crippen molar-refractivity contribution >= 4 is 5.91 Å². The molecule has 0 unspecified atom stereocenters. The van der Waals surface area contributed by atoms with Crippen LogP contribution in [0.1, 0.15) is 25.1 Å². The first-order valence-corrected chi connectivity index (χ1v) is 6.59. The molecule has 2 N–H and O–H groups in total. The number of aryl methyl sites for hydroxylation is 1. The monoisotopic (exact) mass is 267 g/mol. The van der Waals surface area contributed by atoms with E-state index in [4.69, 9.17) is 10.3 Å². The van der Waals surface area contributed by atoms with Gasteiger partial charge in [-0.15, -0.1) is 0 Å². The molecule has 1 aliphatic heterocycles. The minimum atomic E-state index is -0.0761. The molecule has 7 nitrogen and oxygen atoms in total. The lowest BCUT2D eigenvalue weighted by Crippen LogP contribution is -2.49. The lowest BCUT2D eigenvalue weighted by atomic mass is 10.2. The third kappa shape index (κ3) is 4.00. The Labute approximate surface area is 112 Å². The summed E-state index contributed by atoms with van der Waals surface area (Å²) in [5, 5.41) is 3.88. The summed E-state index contributed by atoms with van der Waals surface area (Å²) in [5.41, 5.74) is 5.65. The number of nitrogens with two attached hydrogens (primary N) is 1. The summed E-state index contributed by atoms with van der Waals surface area (Å²) in [7, 11) is 0. The highest BCUT2D eigenvalue weighted by atomic mass is 16.5. The number of carbonyl (C=O) groups is 1. The van der Waals surface area contributed by atoms with E-state index in [1.807, 2.05) is 11.8 Å². The molecule has 19 heavy (non-hydrogen) atoms. The van der Waals surface area contributed by atoms with Crippen LogP contribution in [0.15, 0.2) is 4.52 Å². The summed E-state index contributed by atoms with van der Waals surface area (Å²) in [6.45, 7) is 7.45. The summed E-state index contributed by atoms with van der Waals surface area (Å²) < 4.78 is 4.94. The van der Waals surface area contributed by atoms with Gasteiger partial charge in [-0.3, -0.25) is 9.69 Å². The molecule has 0 bridgehead atoms. The molecule has 0 spiro atoms. The molecule has 1 aliphatic rings. The molecule has 1 aromatic rings. The SMILES string of the molecule is Cc1nc(CN2CCN(C(=O)C[C@@H](C)N)CC2)no1. The van der Waals surface area contributed by atoms with Crippen molar-refractivity contribution in [2.24, 2.45) is 5.73 Å². The van der Waals surface area contributed by atoms with Crippen LogP contribution in [0.3, 0.4) is 0 Å². The van der Waals surface area contributed by atoms with Gasteiger partial charge in [0, 0.05) is 45.6 Å². The molecule has 1 atom stereocenters. The van der Waals surface area contributed by atoms with E-state index in [1.165, 1.54) is 0 Å². The van der Waals surface area contributed by atoms with Gasteiger partial charge in [0.25, 0.3) is 0 Å². The highest BCUT2D eigenvalue weighted by Gasteiger charge is 2.22. The van der Waals surface area contributed by atoms with Gasteiger partial charge in [-0.1, -0.05) is 5.16 Å². The van der Waals surface area contributed by atoms with E-state index in [2.05, 4.69) is 15.0 Å². The van der Waals surface area contributed by atoms with Gasteiger partial charge in [-0.25, -0.2) is 0 Å². The third-order valence-electron chi connectivity index (χ3n) is 3.16. The van der Waals surface area contributed by atoms with Crippen LogP contribution in [0.4, 0.5) is 0 Å². The molecular formula is C12H21N5O2. The number of rotatable bonds is 4. The van der Waals surface area contributed by atoms with E-state index in [9.17, 15) is 4.79 Å². The quantitative estimate of drug-likeness (QED) is 0.810. The van der Waals surface area contributed by atoms with Gasteiger partial charge in [0.05, 0.1) is 6.54 Å². The van der Waals surface area contributed by atoms with Crippen LogP contribution >= 0.6 is 0 Å². The average Bonchev–Trinajstić information content (AvgIpc) is 2.75. The molecule has 0 aromatic carbocycles. The fraction of sp³-hybridized carbons (Fsp3) is 0.750. The van der Waals surface area contributed by atoms with E-state index < -0.39 is 0 Å². The Morgan fingerprint density at radius 1 is 1.42 bits per heavy atom. The first-order valence-electron chi connectivity index (χ1n) is 6.59. The third-order valence-corrected chi connectivity index (χ3v) is 3.16. The minimum absolute atomic E-state index is 0.0761. The fourth-order valence-corrected chi connectivity index (χ4v) is 2.17. The summed E-state index contributed by atoms with van der Waals surface area (Å²) >= 11 is 0. The first kappa shape index (κ1) is 14.0. The summed E-state index contributed by atoms with van der Waals surface area (Å²) in [5.74, 6) is 1.43. The molecule has 2 rings (SSSR count). The van der Waals surface area contributed by atoms with E-state index in [1.54, 1.807) is 6.92 Å². The normalized spacial score (nSPS) is 18.6. The van der Waals surface area contributed by atoms with Gasteiger partial charge >= 0.3 is 0 Å². The predicted molar refractivity (Wildman–Crippen MR) is 69.2 cm³/mol. The lowest BCUT2D eigenvalue weighted by Gasteiger charge is -2.34. The number of hydrogen-bond acceptors (Lipinski definition) is 6. The zero-order chi connectivity index (χ0) is 13.8. The summed E-state index contributed by atoms with van der Waals surface area (Å²) in [6.07, 6.45) is 0.421. The Balaban J connectivity index is 1.77. The second kappa shape index (κ2) is 6.12. The Morgan fingerprint density at radius 3 is 2.63 bits per heavy atom. The van der Waals surface area contributed by atoms with Crippen molar-refractivity contribution in [3.8, 4) is 0 Å². The van der Waals surface area contributed by atoms with Gasteiger partial charge in [0.1, 0.15) is 0 Å². The molecule has 1 aromatic heterocycles. The largest absolute Gasteiger partial charge is 0.340 e. The molecule has 0 saturated carbocycles. The van der Waals surface area contributed by atoms with Gasteiger partial charge < -0.3 is 15.2 Å². The lowest BCUT2D eigenvalue weighted by molar-refractivity contribution is -0.133. The van der Waals surface area contributed by atoms with Crippen molar-refractivity contribution < 1.29 is 9.32 Å². The van der Waals surface area contributed by atoms with Crippen molar-refractivity contribution in [3.05, 3.63) is 11.7 Å². The molecule has 7 heteroatoms. The number of carbonyl (C=O) groups excluding carboxylic acids is 1. The van der Waals surface area contributed by atoms with Crippen LogP contribution in [0.25, 0.3) is 0 Å². The van der Waals surface area contributed by atoms with Crippen LogP contribution in [0.2, 0.25) is 0 Å². The Kier molecular flexibility index (Phi) is 4.49. The maximum atomic E-state index is 11.9. The van der Waals surface area contributed by atoms with Crippen LogP contribution in [0.5, 0.6) is 0 Å².